The van der Waals surface area contributed by atoms with Crippen LogP contribution in [0.15, 0.2) is 0 Å². The van der Waals surface area contributed by atoms with E-state index >= 15 is 0 Å². The van der Waals surface area contributed by atoms with Crippen LogP contribution in [0.2, 0.25) is 0 Å². The van der Waals surface area contributed by atoms with Crippen molar-refractivity contribution in [2.75, 3.05) is 0 Å². The molecule has 0 bridgehead atoms. The zero-order chi connectivity index (χ0) is 7.72. The van der Waals surface area contributed by atoms with Gasteiger partial charge in [-0.25, -0.2) is 0 Å². The maximum atomic E-state index is 4.31. The van der Waals surface area contributed by atoms with E-state index in [-0.39, 0.29) is 9.90 Å². The van der Waals surface area contributed by atoms with Crippen molar-refractivity contribution >= 4 is 9.90 Å². The topological polar surface area (TPSA) is 25.8 Å². The first-order valence-electron chi connectivity index (χ1n) is 3.39. The highest BCUT2D eigenvalue weighted by Gasteiger charge is 1.98. The molecule has 0 aliphatic carbocycles. The van der Waals surface area contributed by atoms with E-state index in [9.17, 15) is 0 Å². The molecule has 0 radical (unpaired) electrons. The van der Waals surface area contributed by atoms with Crippen molar-refractivity contribution in [2.24, 2.45) is 0 Å². The summed E-state index contributed by atoms with van der Waals surface area (Å²) in [5.74, 6) is 0. The van der Waals surface area contributed by atoms with Gasteiger partial charge in [0.1, 0.15) is 0 Å². The van der Waals surface area contributed by atoms with E-state index in [1.807, 2.05) is 27.7 Å². The zero-order valence-electron chi connectivity index (χ0n) is 7.60. The molecule has 0 aromatic carbocycles. The molecule has 62 valence electrons. The number of hydrogen-bond acceptors (Lipinski definition) is 2. The molecule has 0 saturated carbocycles. The van der Waals surface area contributed by atoms with E-state index in [4.69, 9.17) is 0 Å². The van der Waals surface area contributed by atoms with Crippen molar-refractivity contribution in [2.45, 2.75) is 27.7 Å². The summed E-state index contributed by atoms with van der Waals surface area (Å²) in [6.07, 6.45) is 0. The average molecular weight is 170 g/mol. The summed E-state index contributed by atoms with van der Waals surface area (Å²) in [4.78, 5) is 8.62. The normalized spacial score (nSPS) is 9.09. The van der Waals surface area contributed by atoms with Gasteiger partial charge in [0.2, 0.25) is 0 Å². The number of aryl methyl sites for hydroxylation is 4. The average Bonchev–Trinajstić information content (AvgIpc) is 1.84. The van der Waals surface area contributed by atoms with Crippen molar-refractivity contribution in [3.8, 4) is 0 Å². The second-order valence-electron chi connectivity index (χ2n) is 2.57. The predicted molar refractivity (Wildman–Crippen MR) is 52.1 cm³/mol. The highest BCUT2D eigenvalue weighted by molar-refractivity contribution is 6.92. The van der Waals surface area contributed by atoms with Gasteiger partial charge in [0.15, 0.2) is 0 Å². The number of hydrogen-bond donors (Lipinski definition) is 0. The molecule has 0 aliphatic heterocycles. The van der Waals surface area contributed by atoms with Crippen LogP contribution in [0.5, 0.6) is 0 Å². The molecule has 0 aliphatic rings. The molecule has 0 saturated heterocycles. The lowest BCUT2D eigenvalue weighted by Crippen LogP contribution is -1.97. The molecule has 0 spiro atoms. The summed E-state index contributed by atoms with van der Waals surface area (Å²) in [6, 6.07) is 0. The highest BCUT2D eigenvalue weighted by atomic mass is 31.0. The third-order valence-electron chi connectivity index (χ3n) is 1.72. The van der Waals surface area contributed by atoms with Gasteiger partial charge < -0.3 is 0 Å². The predicted octanol–water partition coefficient (Wildman–Crippen LogP) is 1.77. The number of rotatable bonds is 0. The summed E-state index contributed by atoms with van der Waals surface area (Å²) in [5.41, 5.74) is 4.12. The molecule has 1 atom stereocenters. The molecule has 0 N–H and O–H groups in total. The van der Waals surface area contributed by atoms with Crippen LogP contribution in [-0.2, 0) is 0 Å². The first-order valence-corrected chi connectivity index (χ1v) is 3.39. The van der Waals surface area contributed by atoms with E-state index < -0.39 is 0 Å². The molecular formula is C8H15N2P. The van der Waals surface area contributed by atoms with Crippen LogP contribution in [0.25, 0.3) is 0 Å². The van der Waals surface area contributed by atoms with E-state index in [2.05, 4.69) is 9.97 Å². The Morgan fingerprint density at radius 3 is 1.00 bits per heavy atom. The van der Waals surface area contributed by atoms with E-state index in [0.29, 0.717) is 0 Å². The Balaban J connectivity index is 0.000001000. The van der Waals surface area contributed by atoms with Gasteiger partial charge in [0, 0.05) is 0 Å². The fraction of sp³-hybridized carbons (Fsp3) is 0.500. The van der Waals surface area contributed by atoms with Crippen molar-refractivity contribution < 1.29 is 0 Å². The van der Waals surface area contributed by atoms with E-state index in [0.717, 1.165) is 22.8 Å². The molecule has 1 aromatic heterocycles. The lowest BCUT2D eigenvalue weighted by atomic mass is 10.3. The first kappa shape index (κ1) is 10.5. The molecule has 0 fully saturated rings. The summed E-state index contributed by atoms with van der Waals surface area (Å²) in [7, 11) is 0. The standard InChI is InChI=1S/C8H12N2.H3P/c1-5-6(2)10-8(4)7(3)9-5;/h1-4H3;1H3. The summed E-state index contributed by atoms with van der Waals surface area (Å²) >= 11 is 0. The molecule has 1 heterocycles. The Bertz CT molecular complexity index is 208. The Kier molecular flexibility index (Phi) is 3.61. The molecule has 1 rings (SSSR count). The monoisotopic (exact) mass is 170 g/mol. The highest BCUT2D eigenvalue weighted by Crippen LogP contribution is 2.04. The van der Waals surface area contributed by atoms with Gasteiger partial charge in [-0.15, -0.1) is 0 Å². The Morgan fingerprint density at radius 1 is 0.636 bits per heavy atom. The van der Waals surface area contributed by atoms with E-state index in [1.54, 1.807) is 0 Å². The first-order chi connectivity index (χ1) is 4.61. The summed E-state index contributed by atoms with van der Waals surface area (Å²) in [6.45, 7) is 7.92. The molecule has 1 unspecified atom stereocenters. The summed E-state index contributed by atoms with van der Waals surface area (Å²) < 4.78 is 0. The third kappa shape index (κ3) is 2.23. The molecule has 11 heavy (non-hydrogen) atoms. The van der Waals surface area contributed by atoms with Crippen molar-refractivity contribution in [1.29, 1.82) is 0 Å². The lowest BCUT2D eigenvalue weighted by Gasteiger charge is -2.01. The van der Waals surface area contributed by atoms with Crippen molar-refractivity contribution in [1.82, 2.24) is 9.97 Å². The molecule has 2 nitrogen and oxygen atoms in total. The van der Waals surface area contributed by atoms with Crippen molar-refractivity contribution in [3.63, 3.8) is 0 Å². The van der Waals surface area contributed by atoms with Gasteiger partial charge in [-0.3, -0.25) is 9.97 Å². The van der Waals surface area contributed by atoms with Gasteiger partial charge in [0.05, 0.1) is 22.8 Å². The second-order valence-corrected chi connectivity index (χ2v) is 2.57. The number of nitrogens with zero attached hydrogens (tertiary/aromatic N) is 2. The fourth-order valence-electron chi connectivity index (χ4n) is 0.827. The second kappa shape index (κ2) is 3.77. The minimum Gasteiger partial charge on any atom is -0.255 e. The Labute approximate surface area is 71.1 Å². The van der Waals surface area contributed by atoms with Gasteiger partial charge in [-0.05, 0) is 27.7 Å². The number of aromatic nitrogens is 2. The summed E-state index contributed by atoms with van der Waals surface area (Å²) in [5, 5.41) is 0. The molecular weight excluding hydrogens is 155 g/mol. The van der Waals surface area contributed by atoms with Crippen LogP contribution in [0, 0.1) is 27.7 Å². The van der Waals surface area contributed by atoms with Gasteiger partial charge in [-0.1, -0.05) is 0 Å². The lowest BCUT2D eigenvalue weighted by molar-refractivity contribution is 0.959. The van der Waals surface area contributed by atoms with Crippen LogP contribution in [-0.4, -0.2) is 9.97 Å². The van der Waals surface area contributed by atoms with Crippen LogP contribution < -0.4 is 0 Å². The van der Waals surface area contributed by atoms with Gasteiger partial charge in [0.25, 0.3) is 0 Å². The largest absolute Gasteiger partial charge is 0.255 e. The molecule has 1 aromatic rings. The minimum absolute atomic E-state index is 0. The van der Waals surface area contributed by atoms with Crippen molar-refractivity contribution in [3.05, 3.63) is 22.8 Å². The minimum atomic E-state index is 0. The van der Waals surface area contributed by atoms with Crippen LogP contribution >= 0.6 is 9.90 Å². The smallest absolute Gasteiger partial charge is 0.0588 e. The quantitative estimate of drug-likeness (QED) is 0.554. The van der Waals surface area contributed by atoms with Crippen LogP contribution in [0.4, 0.5) is 0 Å². The Hall–Kier alpha value is -0.490. The third-order valence-corrected chi connectivity index (χ3v) is 1.72. The molecule has 0 amide bonds. The molecule has 3 heteroatoms. The van der Waals surface area contributed by atoms with Gasteiger partial charge >= 0.3 is 0 Å². The maximum Gasteiger partial charge on any atom is 0.0588 e. The fourth-order valence-corrected chi connectivity index (χ4v) is 0.827. The zero-order valence-corrected chi connectivity index (χ0v) is 9.02. The Morgan fingerprint density at radius 2 is 0.818 bits per heavy atom. The maximum absolute atomic E-state index is 4.31. The van der Waals surface area contributed by atoms with E-state index in [1.165, 1.54) is 0 Å². The van der Waals surface area contributed by atoms with Gasteiger partial charge in [-0.2, -0.15) is 9.90 Å². The van der Waals surface area contributed by atoms with Crippen LogP contribution in [0.3, 0.4) is 0 Å². The SMILES string of the molecule is Cc1nc(C)c(C)nc1C.P. The van der Waals surface area contributed by atoms with Crippen LogP contribution in [0.1, 0.15) is 22.8 Å².